The number of rotatable bonds is 4. The third kappa shape index (κ3) is 3.23. The van der Waals surface area contributed by atoms with Gasteiger partial charge in [-0.15, -0.1) is 5.10 Å². The van der Waals surface area contributed by atoms with Crippen LogP contribution in [0.4, 0.5) is 5.69 Å². The van der Waals surface area contributed by atoms with E-state index < -0.39 is 0 Å². The summed E-state index contributed by atoms with van der Waals surface area (Å²) in [5.41, 5.74) is 1.43. The maximum absolute atomic E-state index is 12.6. The molecule has 0 bridgehead atoms. The summed E-state index contributed by atoms with van der Waals surface area (Å²) < 4.78 is 3.87. The van der Waals surface area contributed by atoms with Gasteiger partial charge in [0.05, 0.1) is 23.0 Å². The summed E-state index contributed by atoms with van der Waals surface area (Å²) in [6.07, 6.45) is 0.179. The molecule has 1 fully saturated rings. The molecular formula is C16H18N4O3S. The second-order valence-electron chi connectivity index (χ2n) is 5.90. The Morgan fingerprint density at radius 3 is 2.96 bits per heavy atom. The summed E-state index contributed by atoms with van der Waals surface area (Å²) in [5, 5.41) is 13.5. The van der Waals surface area contributed by atoms with Gasteiger partial charge >= 0.3 is 0 Å². The van der Waals surface area contributed by atoms with Crippen molar-refractivity contribution in [3.63, 3.8) is 0 Å². The monoisotopic (exact) mass is 346 g/mol. The minimum Gasteiger partial charge on any atom is -0.508 e. The summed E-state index contributed by atoms with van der Waals surface area (Å²) in [6, 6.07) is 6.51. The van der Waals surface area contributed by atoms with E-state index in [-0.39, 0.29) is 29.9 Å². The highest BCUT2D eigenvalue weighted by Crippen LogP contribution is 2.28. The minimum atomic E-state index is -0.383. The first kappa shape index (κ1) is 16.4. The Morgan fingerprint density at radius 2 is 2.29 bits per heavy atom. The fraction of sp³-hybridized carbons (Fsp3) is 0.375. The van der Waals surface area contributed by atoms with Crippen molar-refractivity contribution in [2.24, 2.45) is 5.92 Å². The average molecular weight is 346 g/mol. The Balaban J connectivity index is 1.68. The lowest BCUT2D eigenvalue weighted by molar-refractivity contribution is -0.135. The van der Waals surface area contributed by atoms with Crippen LogP contribution in [0.2, 0.25) is 0 Å². The number of carbonyl (C=O) groups excluding carboxylic acids is 2. The fourth-order valence-electron chi connectivity index (χ4n) is 2.78. The Kier molecular flexibility index (Phi) is 4.48. The molecule has 24 heavy (non-hydrogen) atoms. The van der Waals surface area contributed by atoms with E-state index >= 15 is 0 Å². The molecule has 1 aliphatic rings. The van der Waals surface area contributed by atoms with Crippen LogP contribution in [0.5, 0.6) is 5.75 Å². The van der Waals surface area contributed by atoms with Crippen molar-refractivity contribution >= 4 is 29.0 Å². The van der Waals surface area contributed by atoms with E-state index in [1.165, 1.54) is 17.6 Å². The van der Waals surface area contributed by atoms with Gasteiger partial charge in [-0.1, -0.05) is 10.6 Å². The predicted molar refractivity (Wildman–Crippen MR) is 89.7 cm³/mol. The van der Waals surface area contributed by atoms with Crippen molar-refractivity contribution in [3.8, 4) is 5.75 Å². The lowest BCUT2D eigenvalue weighted by atomic mass is 10.1. The second-order valence-corrected chi connectivity index (χ2v) is 6.74. The van der Waals surface area contributed by atoms with Crippen molar-refractivity contribution in [1.29, 1.82) is 0 Å². The molecule has 7 nitrogen and oxygen atoms in total. The molecule has 2 heterocycles. The number of aryl methyl sites for hydroxylation is 1. The number of amides is 2. The van der Waals surface area contributed by atoms with Gasteiger partial charge < -0.3 is 14.9 Å². The molecule has 2 amide bonds. The maximum atomic E-state index is 12.6. The highest BCUT2D eigenvalue weighted by atomic mass is 32.1. The normalized spacial score (nSPS) is 17.3. The summed E-state index contributed by atoms with van der Waals surface area (Å²) in [7, 11) is 1.73. The Labute approximate surface area is 143 Å². The molecule has 0 radical (unpaired) electrons. The van der Waals surface area contributed by atoms with E-state index in [4.69, 9.17) is 0 Å². The van der Waals surface area contributed by atoms with Gasteiger partial charge in [-0.3, -0.25) is 9.59 Å². The predicted octanol–water partition coefficient (Wildman–Crippen LogP) is 1.56. The zero-order valence-corrected chi connectivity index (χ0v) is 14.3. The van der Waals surface area contributed by atoms with Crippen LogP contribution in [-0.4, -0.2) is 45.0 Å². The van der Waals surface area contributed by atoms with Crippen molar-refractivity contribution < 1.29 is 14.7 Å². The van der Waals surface area contributed by atoms with Crippen LogP contribution < -0.4 is 4.90 Å². The van der Waals surface area contributed by atoms with Crippen LogP contribution in [0.15, 0.2) is 24.3 Å². The number of carbonyl (C=O) groups is 2. The number of phenols is 1. The molecule has 8 heteroatoms. The molecule has 126 valence electrons. The van der Waals surface area contributed by atoms with Gasteiger partial charge in [0.2, 0.25) is 11.8 Å². The number of hydrogen-bond donors (Lipinski definition) is 1. The maximum Gasteiger partial charge on any atom is 0.228 e. The standard InChI is InChI=1S/C16H18N4O3S/c1-10-14(24-18-17-10)9-19(2)16(23)11-6-15(22)20(8-11)12-4-3-5-13(21)7-12/h3-5,7,11,21H,6,8-9H2,1-2H3/t11-/m1/s1. The highest BCUT2D eigenvalue weighted by molar-refractivity contribution is 7.05. The Bertz CT molecular complexity index is 776. The summed E-state index contributed by atoms with van der Waals surface area (Å²) in [5.74, 6) is -0.465. The molecule has 1 aliphatic heterocycles. The smallest absolute Gasteiger partial charge is 0.228 e. The van der Waals surface area contributed by atoms with Gasteiger partial charge in [-0.05, 0) is 30.6 Å². The summed E-state index contributed by atoms with van der Waals surface area (Å²) in [6.45, 7) is 2.63. The number of benzene rings is 1. The lowest BCUT2D eigenvalue weighted by Crippen LogP contribution is -2.34. The third-order valence-electron chi connectivity index (χ3n) is 4.12. The first-order valence-corrected chi connectivity index (χ1v) is 8.35. The Hall–Kier alpha value is -2.48. The number of phenolic OH excluding ortho intramolecular Hbond substituents is 1. The second kappa shape index (κ2) is 6.56. The molecule has 0 aliphatic carbocycles. The first-order valence-electron chi connectivity index (χ1n) is 7.58. The fourth-order valence-corrected chi connectivity index (χ4v) is 3.47. The van der Waals surface area contributed by atoms with Gasteiger partial charge in [0.15, 0.2) is 0 Å². The van der Waals surface area contributed by atoms with E-state index in [2.05, 4.69) is 9.59 Å². The van der Waals surface area contributed by atoms with Crippen molar-refractivity contribution in [3.05, 3.63) is 34.8 Å². The highest BCUT2D eigenvalue weighted by Gasteiger charge is 2.36. The molecule has 2 aromatic rings. The largest absolute Gasteiger partial charge is 0.508 e. The molecule has 1 aromatic carbocycles. The lowest BCUT2D eigenvalue weighted by Gasteiger charge is -2.21. The van der Waals surface area contributed by atoms with Gasteiger partial charge in [0, 0.05) is 31.8 Å². The topological polar surface area (TPSA) is 86.6 Å². The molecule has 0 unspecified atom stereocenters. The van der Waals surface area contributed by atoms with Crippen molar-refractivity contribution in [1.82, 2.24) is 14.5 Å². The quantitative estimate of drug-likeness (QED) is 0.908. The average Bonchev–Trinajstić information content (AvgIpc) is 3.13. The Morgan fingerprint density at radius 1 is 1.50 bits per heavy atom. The number of anilines is 1. The van der Waals surface area contributed by atoms with E-state index in [0.717, 1.165) is 10.6 Å². The minimum absolute atomic E-state index is 0.0706. The van der Waals surface area contributed by atoms with E-state index in [1.54, 1.807) is 35.0 Å². The molecule has 3 rings (SSSR count). The number of nitrogens with zero attached hydrogens (tertiary/aromatic N) is 4. The van der Waals surface area contributed by atoms with Crippen LogP contribution in [0.3, 0.4) is 0 Å². The molecule has 1 N–H and O–H groups in total. The zero-order valence-electron chi connectivity index (χ0n) is 13.5. The van der Waals surface area contributed by atoms with Crippen LogP contribution in [0.1, 0.15) is 17.0 Å². The van der Waals surface area contributed by atoms with Crippen molar-refractivity contribution in [2.75, 3.05) is 18.5 Å². The van der Waals surface area contributed by atoms with Gasteiger partial charge in [0.1, 0.15) is 5.75 Å². The summed E-state index contributed by atoms with van der Waals surface area (Å²) >= 11 is 1.28. The molecule has 1 aromatic heterocycles. The first-order chi connectivity index (χ1) is 11.5. The SMILES string of the molecule is Cc1nnsc1CN(C)C(=O)[C@@H]1CC(=O)N(c2cccc(O)c2)C1. The van der Waals surface area contributed by atoms with E-state index in [0.29, 0.717) is 18.8 Å². The zero-order chi connectivity index (χ0) is 17.3. The number of aromatic hydroxyl groups is 1. The van der Waals surface area contributed by atoms with Crippen LogP contribution >= 0.6 is 11.5 Å². The molecule has 0 spiro atoms. The molecular weight excluding hydrogens is 328 g/mol. The van der Waals surface area contributed by atoms with Gasteiger partial charge in [-0.25, -0.2) is 0 Å². The van der Waals surface area contributed by atoms with Crippen LogP contribution in [0, 0.1) is 12.8 Å². The van der Waals surface area contributed by atoms with Crippen LogP contribution in [-0.2, 0) is 16.1 Å². The van der Waals surface area contributed by atoms with Crippen LogP contribution in [0.25, 0.3) is 0 Å². The van der Waals surface area contributed by atoms with E-state index in [9.17, 15) is 14.7 Å². The summed E-state index contributed by atoms with van der Waals surface area (Å²) in [4.78, 5) is 29.0. The molecule has 1 saturated heterocycles. The molecule has 0 saturated carbocycles. The van der Waals surface area contributed by atoms with Gasteiger partial charge in [-0.2, -0.15) is 0 Å². The van der Waals surface area contributed by atoms with Crippen molar-refractivity contribution in [2.45, 2.75) is 19.9 Å². The third-order valence-corrected chi connectivity index (χ3v) is 4.93. The molecule has 1 atom stereocenters. The van der Waals surface area contributed by atoms with Gasteiger partial charge in [0.25, 0.3) is 0 Å². The number of aromatic nitrogens is 2. The van der Waals surface area contributed by atoms with E-state index in [1.807, 2.05) is 6.92 Å². The number of hydrogen-bond acceptors (Lipinski definition) is 6.